The Bertz CT molecular complexity index is 149. The number of ether oxygens (including phenoxy) is 2. The predicted octanol–water partition coefficient (Wildman–Crippen LogP) is -0.162. The molecule has 0 N–H and O–H groups in total. The van der Waals surface area contributed by atoms with E-state index in [9.17, 15) is 4.79 Å². The maximum absolute atomic E-state index is 10.8. The summed E-state index contributed by atoms with van der Waals surface area (Å²) in [5.74, 6) is -0.167. The molecular formula is C7H13NO3. The molecule has 1 rings (SSSR count). The Balaban J connectivity index is 2.39. The van der Waals surface area contributed by atoms with Gasteiger partial charge in [0.2, 0.25) is 0 Å². The molecule has 1 atom stereocenters. The summed E-state index contributed by atoms with van der Waals surface area (Å²) in [6.07, 6.45) is 0.00264. The van der Waals surface area contributed by atoms with Crippen molar-refractivity contribution in [2.45, 2.75) is 13.2 Å². The molecule has 1 heterocycles. The van der Waals surface area contributed by atoms with Crippen molar-refractivity contribution in [2.75, 3.05) is 26.8 Å². The Morgan fingerprint density at radius 1 is 1.73 bits per heavy atom. The molecule has 0 aromatic rings. The number of hydrogen-bond donors (Lipinski definition) is 0. The lowest BCUT2D eigenvalue weighted by molar-refractivity contribution is -0.157. The van der Waals surface area contributed by atoms with Gasteiger partial charge in [-0.25, -0.2) is 0 Å². The number of carbonyl (C=O) groups is 1. The number of rotatable bonds is 2. The van der Waals surface area contributed by atoms with Crippen LogP contribution in [0.3, 0.4) is 0 Å². The fourth-order valence-corrected chi connectivity index (χ4v) is 1.03. The van der Waals surface area contributed by atoms with Crippen LogP contribution >= 0.6 is 0 Å². The summed E-state index contributed by atoms with van der Waals surface area (Å²) >= 11 is 0. The van der Waals surface area contributed by atoms with Gasteiger partial charge in [-0.1, -0.05) is 0 Å². The van der Waals surface area contributed by atoms with E-state index in [0.29, 0.717) is 13.2 Å². The van der Waals surface area contributed by atoms with E-state index in [1.165, 1.54) is 0 Å². The highest BCUT2D eigenvalue weighted by atomic mass is 16.5. The van der Waals surface area contributed by atoms with E-state index in [0.717, 1.165) is 6.54 Å². The van der Waals surface area contributed by atoms with Crippen LogP contribution in [0.5, 0.6) is 0 Å². The highest BCUT2D eigenvalue weighted by Gasteiger charge is 2.21. The second-order valence-corrected chi connectivity index (χ2v) is 2.53. The maximum Gasteiger partial charge on any atom is 0.320 e. The molecule has 0 amide bonds. The molecule has 1 aliphatic rings. The number of morpholine rings is 1. The highest BCUT2D eigenvalue weighted by Crippen LogP contribution is 2.03. The minimum Gasteiger partial charge on any atom is -0.463 e. The molecular weight excluding hydrogens is 146 g/mol. The Kier molecular flexibility index (Phi) is 2.84. The van der Waals surface area contributed by atoms with Crippen molar-refractivity contribution in [1.82, 2.24) is 4.90 Å². The van der Waals surface area contributed by atoms with Crippen molar-refractivity contribution in [3.05, 3.63) is 0 Å². The molecule has 64 valence electrons. The number of cyclic esters (lactones) is 1. The van der Waals surface area contributed by atoms with E-state index in [1.807, 2.05) is 11.8 Å². The van der Waals surface area contributed by atoms with Gasteiger partial charge in [0.1, 0.15) is 12.8 Å². The first-order chi connectivity index (χ1) is 5.24. The van der Waals surface area contributed by atoms with Crippen molar-refractivity contribution in [3.8, 4) is 0 Å². The first-order valence-corrected chi connectivity index (χ1v) is 3.66. The molecule has 11 heavy (non-hydrogen) atoms. The second-order valence-electron chi connectivity index (χ2n) is 2.53. The lowest BCUT2D eigenvalue weighted by atomic mass is 10.4. The predicted molar refractivity (Wildman–Crippen MR) is 39.0 cm³/mol. The fourth-order valence-electron chi connectivity index (χ4n) is 1.03. The SMILES string of the molecule is COC(C)N1CCOC(=O)C1. The van der Waals surface area contributed by atoms with Gasteiger partial charge in [-0.3, -0.25) is 9.69 Å². The molecule has 0 spiro atoms. The standard InChI is InChI=1S/C7H13NO3/c1-6(10-2)8-3-4-11-7(9)5-8/h6H,3-5H2,1-2H3. The molecule has 0 aromatic heterocycles. The molecule has 0 aliphatic carbocycles. The Labute approximate surface area is 66.1 Å². The summed E-state index contributed by atoms with van der Waals surface area (Å²) in [5.41, 5.74) is 0. The van der Waals surface area contributed by atoms with Gasteiger partial charge in [-0.2, -0.15) is 0 Å². The van der Waals surface area contributed by atoms with Crippen LogP contribution < -0.4 is 0 Å². The molecule has 1 unspecified atom stereocenters. The van der Waals surface area contributed by atoms with Crippen LogP contribution in [0.4, 0.5) is 0 Å². The third-order valence-corrected chi connectivity index (χ3v) is 1.83. The Hall–Kier alpha value is -0.610. The zero-order valence-electron chi connectivity index (χ0n) is 6.87. The van der Waals surface area contributed by atoms with Crippen LogP contribution in [-0.2, 0) is 14.3 Å². The Morgan fingerprint density at radius 2 is 2.45 bits per heavy atom. The normalized spacial score (nSPS) is 22.9. The fraction of sp³-hybridized carbons (Fsp3) is 0.857. The average Bonchev–Trinajstić information content (AvgIpc) is 2.03. The molecule has 4 heteroatoms. The van der Waals surface area contributed by atoms with E-state index in [4.69, 9.17) is 9.47 Å². The first kappa shape index (κ1) is 8.49. The minimum absolute atomic E-state index is 0.00264. The quantitative estimate of drug-likeness (QED) is 0.525. The Morgan fingerprint density at radius 3 is 3.00 bits per heavy atom. The maximum atomic E-state index is 10.8. The monoisotopic (exact) mass is 159 g/mol. The van der Waals surface area contributed by atoms with Crippen molar-refractivity contribution >= 4 is 5.97 Å². The molecule has 0 saturated carbocycles. The molecule has 0 bridgehead atoms. The molecule has 4 nitrogen and oxygen atoms in total. The van der Waals surface area contributed by atoms with Gasteiger partial charge in [-0.05, 0) is 6.92 Å². The zero-order valence-corrected chi connectivity index (χ0v) is 6.87. The summed E-state index contributed by atoms with van der Waals surface area (Å²) in [5, 5.41) is 0. The van der Waals surface area contributed by atoms with Crippen LogP contribution in [-0.4, -0.2) is 43.9 Å². The number of hydrogen-bond acceptors (Lipinski definition) is 4. The number of esters is 1. The lowest BCUT2D eigenvalue weighted by Gasteiger charge is -2.29. The molecule has 0 radical (unpaired) electrons. The van der Waals surface area contributed by atoms with Crippen molar-refractivity contribution < 1.29 is 14.3 Å². The van der Waals surface area contributed by atoms with Gasteiger partial charge in [-0.15, -0.1) is 0 Å². The summed E-state index contributed by atoms with van der Waals surface area (Å²) in [4.78, 5) is 12.7. The van der Waals surface area contributed by atoms with Gasteiger partial charge >= 0.3 is 5.97 Å². The second kappa shape index (κ2) is 3.69. The zero-order chi connectivity index (χ0) is 8.27. The first-order valence-electron chi connectivity index (χ1n) is 3.66. The van der Waals surface area contributed by atoms with Crippen LogP contribution in [0.15, 0.2) is 0 Å². The van der Waals surface area contributed by atoms with Crippen molar-refractivity contribution in [3.63, 3.8) is 0 Å². The number of methoxy groups -OCH3 is 1. The molecule has 0 aromatic carbocycles. The highest BCUT2D eigenvalue weighted by molar-refractivity contribution is 5.72. The largest absolute Gasteiger partial charge is 0.463 e. The van der Waals surface area contributed by atoms with Crippen molar-refractivity contribution in [1.29, 1.82) is 0 Å². The van der Waals surface area contributed by atoms with E-state index in [1.54, 1.807) is 7.11 Å². The van der Waals surface area contributed by atoms with Crippen LogP contribution in [0, 0.1) is 0 Å². The average molecular weight is 159 g/mol. The molecule has 1 aliphatic heterocycles. The smallest absolute Gasteiger partial charge is 0.320 e. The van der Waals surface area contributed by atoms with E-state index in [-0.39, 0.29) is 12.2 Å². The van der Waals surface area contributed by atoms with Gasteiger partial charge in [0.05, 0.1) is 6.54 Å². The summed E-state index contributed by atoms with van der Waals surface area (Å²) < 4.78 is 9.82. The minimum atomic E-state index is -0.167. The van der Waals surface area contributed by atoms with Crippen LogP contribution in [0.25, 0.3) is 0 Å². The van der Waals surface area contributed by atoms with E-state index >= 15 is 0 Å². The molecule has 1 saturated heterocycles. The van der Waals surface area contributed by atoms with Crippen LogP contribution in [0.1, 0.15) is 6.92 Å². The van der Waals surface area contributed by atoms with E-state index in [2.05, 4.69) is 0 Å². The van der Waals surface area contributed by atoms with Gasteiger partial charge in [0, 0.05) is 13.7 Å². The third kappa shape index (κ3) is 2.17. The number of carbonyl (C=O) groups excluding carboxylic acids is 1. The van der Waals surface area contributed by atoms with Crippen molar-refractivity contribution in [2.24, 2.45) is 0 Å². The third-order valence-electron chi connectivity index (χ3n) is 1.83. The summed E-state index contributed by atoms with van der Waals surface area (Å²) in [6.45, 7) is 3.50. The van der Waals surface area contributed by atoms with Gasteiger partial charge in [0.15, 0.2) is 0 Å². The topological polar surface area (TPSA) is 38.8 Å². The lowest BCUT2D eigenvalue weighted by Crippen LogP contribution is -2.45. The summed E-state index contributed by atoms with van der Waals surface area (Å²) in [7, 11) is 1.63. The van der Waals surface area contributed by atoms with Crippen LogP contribution in [0.2, 0.25) is 0 Å². The summed E-state index contributed by atoms with van der Waals surface area (Å²) in [6, 6.07) is 0. The number of nitrogens with zero attached hydrogens (tertiary/aromatic N) is 1. The van der Waals surface area contributed by atoms with E-state index < -0.39 is 0 Å². The molecule has 1 fully saturated rings. The van der Waals surface area contributed by atoms with Gasteiger partial charge in [0.25, 0.3) is 0 Å². The van der Waals surface area contributed by atoms with Gasteiger partial charge < -0.3 is 9.47 Å².